The standard InChI is InChI=1S/C18H32N4O/c1-19-16(22-12-11-17(14-22)7-6-8-17)20-13-18(9-4-5-10-18)15(23)21(2)3/h4-14H2,1-3H3,(H,19,20). The number of nitrogens with one attached hydrogen (secondary N) is 1. The number of aliphatic imine (C=N–C) groups is 1. The molecule has 5 nitrogen and oxygen atoms in total. The number of hydrogen-bond acceptors (Lipinski definition) is 2. The number of carbonyl (C=O) groups excluding carboxylic acids is 1. The van der Waals surface area contributed by atoms with E-state index in [2.05, 4.69) is 15.2 Å². The molecule has 0 aromatic heterocycles. The summed E-state index contributed by atoms with van der Waals surface area (Å²) in [6, 6.07) is 0. The molecule has 3 rings (SSSR count). The lowest BCUT2D eigenvalue weighted by Gasteiger charge is -2.38. The molecule has 1 heterocycles. The predicted octanol–water partition coefficient (Wildman–Crippen LogP) is 2.09. The van der Waals surface area contributed by atoms with Crippen molar-refractivity contribution in [2.45, 2.75) is 51.4 Å². The van der Waals surface area contributed by atoms with Crippen LogP contribution in [-0.4, -0.2) is 62.4 Å². The molecular formula is C18H32N4O. The first-order valence-electron chi connectivity index (χ1n) is 9.18. The molecule has 5 heteroatoms. The van der Waals surface area contributed by atoms with Crippen molar-refractivity contribution in [1.82, 2.24) is 15.1 Å². The highest BCUT2D eigenvalue weighted by Gasteiger charge is 2.45. The van der Waals surface area contributed by atoms with Gasteiger partial charge in [-0.2, -0.15) is 0 Å². The van der Waals surface area contributed by atoms with Crippen LogP contribution in [0, 0.1) is 10.8 Å². The van der Waals surface area contributed by atoms with E-state index in [9.17, 15) is 4.79 Å². The molecule has 0 atom stereocenters. The Kier molecular flexibility index (Phi) is 4.56. The van der Waals surface area contributed by atoms with Crippen LogP contribution in [0.15, 0.2) is 4.99 Å². The first kappa shape index (κ1) is 16.6. The van der Waals surface area contributed by atoms with E-state index in [1.165, 1.54) is 25.7 Å². The van der Waals surface area contributed by atoms with E-state index in [0.717, 1.165) is 51.3 Å². The molecule has 1 N–H and O–H groups in total. The zero-order valence-electron chi connectivity index (χ0n) is 15.0. The van der Waals surface area contributed by atoms with Crippen molar-refractivity contribution in [3.8, 4) is 0 Å². The molecule has 0 unspecified atom stereocenters. The van der Waals surface area contributed by atoms with Gasteiger partial charge in [0, 0.05) is 40.8 Å². The highest BCUT2D eigenvalue weighted by atomic mass is 16.2. The van der Waals surface area contributed by atoms with Crippen LogP contribution in [0.25, 0.3) is 0 Å². The number of carbonyl (C=O) groups is 1. The maximum Gasteiger partial charge on any atom is 0.230 e. The van der Waals surface area contributed by atoms with Crippen LogP contribution in [0.2, 0.25) is 0 Å². The summed E-state index contributed by atoms with van der Waals surface area (Å²) in [5.74, 6) is 1.27. The first-order valence-corrected chi connectivity index (χ1v) is 9.18. The van der Waals surface area contributed by atoms with Gasteiger partial charge >= 0.3 is 0 Å². The molecule has 0 radical (unpaired) electrons. The third-order valence-electron chi connectivity index (χ3n) is 6.37. The zero-order chi connectivity index (χ0) is 16.5. The van der Waals surface area contributed by atoms with Gasteiger partial charge in [-0.25, -0.2) is 0 Å². The van der Waals surface area contributed by atoms with Gasteiger partial charge in [0.25, 0.3) is 0 Å². The van der Waals surface area contributed by atoms with E-state index in [4.69, 9.17) is 0 Å². The summed E-state index contributed by atoms with van der Waals surface area (Å²) in [5.41, 5.74) is 0.343. The summed E-state index contributed by atoms with van der Waals surface area (Å²) < 4.78 is 0. The summed E-state index contributed by atoms with van der Waals surface area (Å²) in [6.45, 7) is 2.97. The van der Waals surface area contributed by atoms with Gasteiger partial charge in [0.1, 0.15) is 0 Å². The van der Waals surface area contributed by atoms with Crippen LogP contribution in [-0.2, 0) is 4.79 Å². The van der Waals surface area contributed by atoms with Crippen molar-refractivity contribution in [2.75, 3.05) is 40.8 Å². The Morgan fingerprint density at radius 1 is 1.13 bits per heavy atom. The monoisotopic (exact) mass is 320 g/mol. The number of hydrogen-bond donors (Lipinski definition) is 1. The maximum absolute atomic E-state index is 12.7. The zero-order valence-corrected chi connectivity index (χ0v) is 15.0. The molecule has 0 aromatic carbocycles. The van der Waals surface area contributed by atoms with Gasteiger partial charge in [0.05, 0.1) is 5.41 Å². The topological polar surface area (TPSA) is 47.9 Å². The van der Waals surface area contributed by atoms with Gasteiger partial charge in [0.2, 0.25) is 5.91 Å². The fraction of sp³-hybridized carbons (Fsp3) is 0.889. The molecule has 1 amide bonds. The molecular weight excluding hydrogens is 288 g/mol. The van der Waals surface area contributed by atoms with Crippen molar-refractivity contribution >= 4 is 11.9 Å². The predicted molar refractivity (Wildman–Crippen MR) is 93.4 cm³/mol. The average molecular weight is 320 g/mol. The molecule has 0 bridgehead atoms. The lowest BCUT2D eigenvalue weighted by Crippen LogP contribution is -2.50. The molecule has 3 aliphatic rings. The summed E-state index contributed by atoms with van der Waals surface area (Å²) in [7, 11) is 5.61. The molecule has 1 aliphatic heterocycles. The van der Waals surface area contributed by atoms with Gasteiger partial charge in [-0.15, -0.1) is 0 Å². The third-order valence-corrected chi connectivity index (χ3v) is 6.37. The van der Waals surface area contributed by atoms with E-state index in [0.29, 0.717) is 5.41 Å². The van der Waals surface area contributed by atoms with E-state index >= 15 is 0 Å². The fourth-order valence-corrected chi connectivity index (χ4v) is 4.77. The van der Waals surface area contributed by atoms with Gasteiger partial charge in [-0.1, -0.05) is 19.3 Å². The largest absolute Gasteiger partial charge is 0.355 e. The SMILES string of the molecule is CN=C(NCC1(C(=O)N(C)C)CCCC1)N1CCC2(CCC2)C1. The second kappa shape index (κ2) is 6.33. The van der Waals surface area contributed by atoms with Gasteiger partial charge in [0.15, 0.2) is 5.96 Å². The highest BCUT2D eigenvalue weighted by molar-refractivity contribution is 5.85. The smallest absolute Gasteiger partial charge is 0.230 e. The van der Waals surface area contributed by atoms with Crippen LogP contribution in [0.5, 0.6) is 0 Å². The molecule has 2 saturated carbocycles. The minimum atomic E-state index is -0.229. The van der Waals surface area contributed by atoms with Crippen LogP contribution in [0.1, 0.15) is 51.4 Å². The third kappa shape index (κ3) is 3.07. The van der Waals surface area contributed by atoms with Crippen molar-refractivity contribution in [3.63, 3.8) is 0 Å². The Hall–Kier alpha value is -1.26. The van der Waals surface area contributed by atoms with Crippen LogP contribution in [0.4, 0.5) is 0 Å². The van der Waals surface area contributed by atoms with Gasteiger partial charge < -0.3 is 15.1 Å². The molecule has 0 aromatic rings. The average Bonchev–Trinajstić information content (AvgIpc) is 3.14. The molecule has 130 valence electrons. The minimum absolute atomic E-state index is 0.229. The lowest BCUT2D eigenvalue weighted by atomic mass is 9.68. The Balaban J connectivity index is 1.62. The number of rotatable bonds is 3. The van der Waals surface area contributed by atoms with Gasteiger partial charge in [-0.3, -0.25) is 9.79 Å². The normalized spacial score (nSPS) is 25.5. The molecule has 1 spiro atoms. The first-order chi connectivity index (χ1) is 11.0. The van der Waals surface area contributed by atoms with Crippen LogP contribution < -0.4 is 5.32 Å². The van der Waals surface area contributed by atoms with Crippen LogP contribution >= 0.6 is 0 Å². The number of nitrogens with zero attached hydrogens (tertiary/aromatic N) is 3. The number of amides is 1. The number of likely N-dealkylation sites (tertiary alicyclic amines) is 1. The second-order valence-electron chi connectivity index (χ2n) is 8.11. The fourth-order valence-electron chi connectivity index (χ4n) is 4.77. The molecule has 2 aliphatic carbocycles. The van der Waals surface area contributed by atoms with E-state index < -0.39 is 0 Å². The minimum Gasteiger partial charge on any atom is -0.355 e. The summed E-state index contributed by atoms with van der Waals surface area (Å²) in [5, 5.41) is 3.54. The summed E-state index contributed by atoms with van der Waals surface area (Å²) in [6.07, 6.45) is 9.76. The maximum atomic E-state index is 12.7. The van der Waals surface area contributed by atoms with E-state index in [-0.39, 0.29) is 11.3 Å². The highest BCUT2D eigenvalue weighted by Crippen LogP contribution is 2.48. The Bertz CT molecular complexity index is 475. The quantitative estimate of drug-likeness (QED) is 0.640. The van der Waals surface area contributed by atoms with Gasteiger partial charge in [-0.05, 0) is 37.5 Å². The van der Waals surface area contributed by atoms with Crippen molar-refractivity contribution in [2.24, 2.45) is 15.8 Å². The number of guanidine groups is 1. The van der Waals surface area contributed by atoms with E-state index in [1.54, 1.807) is 4.90 Å². The lowest BCUT2D eigenvalue weighted by molar-refractivity contribution is -0.138. The molecule has 23 heavy (non-hydrogen) atoms. The van der Waals surface area contributed by atoms with Crippen molar-refractivity contribution in [1.29, 1.82) is 0 Å². The Morgan fingerprint density at radius 2 is 1.83 bits per heavy atom. The van der Waals surface area contributed by atoms with Crippen LogP contribution in [0.3, 0.4) is 0 Å². The summed E-state index contributed by atoms with van der Waals surface area (Å²) in [4.78, 5) is 21.3. The van der Waals surface area contributed by atoms with Crippen molar-refractivity contribution in [3.05, 3.63) is 0 Å². The van der Waals surface area contributed by atoms with E-state index in [1.807, 2.05) is 21.1 Å². The van der Waals surface area contributed by atoms with Crippen molar-refractivity contribution < 1.29 is 4.79 Å². The molecule has 3 fully saturated rings. The Labute approximate surface area is 140 Å². The molecule has 1 saturated heterocycles. The Morgan fingerprint density at radius 3 is 2.30 bits per heavy atom. The summed E-state index contributed by atoms with van der Waals surface area (Å²) >= 11 is 0. The second-order valence-corrected chi connectivity index (χ2v) is 8.11.